The maximum absolute atomic E-state index is 13.2. The van der Waals surface area contributed by atoms with Crippen LogP contribution in [0, 0.1) is 31.1 Å². The first-order valence-corrected chi connectivity index (χ1v) is 10.4. The van der Waals surface area contributed by atoms with E-state index in [2.05, 4.69) is 21.7 Å². The monoisotopic (exact) mass is 392 g/mol. The van der Waals surface area contributed by atoms with Crippen molar-refractivity contribution < 1.29 is 14.3 Å². The molecule has 0 bridgehead atoms. The average molecular weight is 392 g/mol. The molecular weight excluding hydrogens is 364 g/mol. The zero-order chi connectivity index (χ0) is 20.6. The van der Waals surface area contributed by atoms with Crippen molar-refractivity contribution >= 4 is 17.6 Å². The van der Waals surface area contributed by atoms with Gasteiger partial charge in [-0.3, -0.25) is 9.59 Å². The first-order chi connectivity index (χ1) is 13.9. The molecule has 1 spiro atoms. The van der Waals surface area contributed by atoms with Crippen LogP contribution in [0.25, 0.3) is 0 Å². The summed E-state index contributed by atoms with van der Waals surface area (Å²) in [4.78, 5) is 33.0. The Balaban J connectivity index is 1.52. The maximum atomic E-state index is 13.2. The molecule has 1 aromatic rings. The van der Waals surface area contributed by atoms with Gasteiger partial charge in [-0.1, -0.05) is 5.92 Å². The number of carbonyl (C=O) groups is 2. The van der Waals surface area contributed by atoms with Gasteiger partial charge in [-0.15, -0.1) is 5.92 Å². The highest BCUT2D eigenvalue weighted by Crippen LogP contribution is 2.46. The van der Waals surface area contributed by atoms with Crippen LogP contribution in [0.5, 0.6) is 0 Å². The molecule has 1 aliphatic carbocycles. The predicted molar refractivity (Wildman–Crippen MR) is 112 cm³/mol. The smallest absolute Gasteiger partial charge is 0.287 e. The zero-order valence-electron chi connectivity index (χ0n) is 17.5. The van der Waals surface area contributed by atoms with Crippen molar-refractivity contribution in [2.75, 3.05) is 26.2 Å². The van der Waals surface area contributed by atoms with E-state index in [4.69, 9.17) is 4.74 Å². The number of likely N-dealkylation sites (tertiary alicyclic amines) is 1. The van der Waals surface area contributed by atoms with Crippen LogP contribution in [-0.4, -0.2) is 48.7 Å². The molecule has 2 fully saturated rings. The minimum absolute atomic E-state index is 0.0738. The number of piperidine rings is 1. The van der Waals surface area contributed by atoms with E-state index in [9.17, 15) is 9.59 Å². The Kier molecular flexibility index (Phi) is 5.21. The van der Waals surface area contributed by atoms with E-state index in [1.165, 1.54) is 0 Å². The van der Waals surface area contributed by atoms with Gasteiger partial charge in [0, 0.05) is 31.5 Å². The van der Waals surface area contributed by atoms with Gasteiger partial charge in [0.05, 0.1) is 6.54 Å². The van der Waals surface area contributed by atoms with Gasteiger partial charge in [-0.2, -0.15) is 0 Å². The number of aliphatic imine (C=N–C) groups is 1. The summed E-state index contributed by atoms with van der Waals surface area (Å²) in [7, 11) is 0. The number of aryl methyl sites for hydroxylation is 2. The minimum Gasteiger partial charge on any atom is -0.463 e. The van der Waals surface area contributed by atoms with E-state index in [0.29, 0.717) is 19.4 Å². The molecule has 5 heteroatoms. The van der Waals surface area contributed by atoms with Crippen molar-refractivity contribution in [2.45, 2.75) is 52.4 Å². The number of Topliss-reactive ketones (excluding diaryl/α,β-unsaturated/α-hetero) is 2. The maximum Gasteiger partial charge on any atom is 0.287 e. The predicted octanol–water partition coefficient (Wildman–Crippen LogP) is 3.16. The molecule has 0 amide bonds. The number of carbonyl (C=O) groups excluding carboxylic acids is 2. The summed E-state index contributed by atoms with van der Waals surface area (Å²) in [5, 5.41) is 0. The van der Waals surface area contributed by atoms with Gasteiger partial charge in [0.2, 0.25) is 0 Å². The number of hydrogen-bond donors (Lipinski definition) is 0. The number of hydrogen-bond acceptors (Lipinski definition) is 5. The van der Waals surface area contributed by atoms with Gasteiger partial charge in [0.25, 0.3) is 6.02 Å². The lowest BCUT2D eigenvalue weighted by Gasteiger charge is -2.44. The largest absolute Gasteiger partial charge is 0.463 e. The summed E-state index contributed by atoms with van der Waals surface area (Å²) < 4.78 is 5.57. The van der Waals surface area contributed by atoms with E-state index in [1.807, 2.05) is 32.9 Å². The van der Waals surface area contributed by atoms with Crippen molar-refractivity contribution in [3.63, 3.8) is 0 Å². The number of ketones is 2. The second-order valence-electron chi connectivity index (χ2n) is 8.62. The van der Waals surface area contributed by atoms with Crippen molar-refractivity contribution in [3.8, 4) is 11.8 Å². The molecule has 2 aliphatic heterocycles. The summed E-state index contributed by atoms with van der Waals surface area (Å²) in [6.45, 7) is 8.74. The van der Waals surface area contributed by atoms with Gasteiger partial charge in [-0.05, 0) is 67.9 Å². The van der Waals surface area contributed by atoms with Gasteiger partial charge >= 0.3 is 0 Å². The van der Waals surface area contributed by atoms with Crippen LogP contribution in [0.1, 0.15) is 60.8 Å². The fourth-order valence-electron chi connectivity index (χ4n) is 5.19. The third-order valence-electron chi connectivity index (χ3n) is 6.56. The molecule has 1 saturated heterocycles. The molecule has 0 N–H and O–H groups in total. The molecule has 0 radical (unpaired) electrons. The minimum atomic E-state index is -0.621. The standard InChI is InChI=1S/C24H28N2O3/c1-4-5-18-12-16(2)21(17(3)13-18)22-19(27)14-24(15-20(22)28)6-9-26(10-7-24)23-25-8-11-29-23/h12-13,22H,6-11,14-15H2,1-3H3. The Hall–Kier alpha value is -2.61. The Morgan fingerprint density at radius 3 is 2.24 bits per heavy atom. The molecule has 3 aliphatic rings. The molecule has 152 valence electrons. The summed E-state index contributed by atoms with van der Waals surface area (Å²) in [5.41, 5.74) is 3.59. The third-order valence-corrected chi connectivity index (χ3v) is 6.56. The van der Waals surface area contributed by atoms with Crippen molar-refractivity contribution in [1.29, 1.82) is 0 Å². The second kappa shape index (κ2) is 7.67. The highest BCUT2D eigenvalue weighted by molar-refractivity contribution is 6.10. The molecule has 1 saturated carbocycles. The Morgan fingerprint density at radius 1 is 1.10 bits per heavy atom. The second-order valence-corrected chi connectivity index (χ2v) is 8.62. The molecule has 5 nitrogen and oxygen atoms in total. The van der Waals surface area contributed by atoms with E-state index >= 15 is 0 Å². The molecular formula is C24H28N2O3. The van der Waals surface area contributed by atoms with E-state index in [1.54, 1.807) is 0 Å². The van der Waals surface area contributed by atoms with Crippen molar-refractivity contribution in [2.24, 2.45) is 10.4 Å². The lowest BCUT2D eigenvalue weighted by molar-refractivity contribution is -0.138. The third kappa shape index (κ3) is 3.69. The van der Waals surface area contributed by atoms with Crippen molar-refractivity contribution in [1.82, 2.24) is 4.90 Å². The van der Waals surface area contributed by atoms with E-state index < -0.39 is 5.92 Å². The molecule has 29 heavy (non-hydrogen) atoms. The zero-order valence-corrected chi connectivity index (χ0v) is 17.5. The van der Waals surface area contributed by atoms with E-state index in [0.717, 1.165) is 60.8 Å². The molecule has 4 rings (SSSR count). The average Bonchev–Trinajstić information content (AvgIpc) is 3.19. The van der Waals surface area contributed by atoms with E-state index in [-0.39, 0.29) is 17.0 Å². The fraction of sp³-hybridized carbons (Fsp3) is 0.542. The summed E-state index contributed by atoms with van der Waals surface area (Å²) in [6.07, 6.45) is 2.64. The first-order valence-electron chi connectivity index (χ1n) is 10.4. The highest BCUT2D eigenvalue weighted by Gasteiger charge is 2.47. The van der Waals surface area contributed by atoms with Crippen LogP contribution in [0.15, 0.2) is 17.1 Å². The van der Waals surface area contributed by atoms with Crippen LogP contribution in [0.4, 0.5) is 0 Å². The lowest BCUT2D eigenvalue weighted by Crippen LogP contribution is -2.48. The molecule has 0 atom stereocenters. The van der Waals surface area contributed by atoms with Crippen LogP contribution in [0.2, 0.25) is 0 Å². The van der Waals surface area contributed by atoms with Crippen LogP contribution < -0.4 is 0 Å². The molecule has 1 aromatic carbocycles. The van der Waals surface area contributed by atoms with Crippen molar-refractivity contribution in [3.05, 3.63) is 34.4 Å². The normalized spacial score (nSPS) is 21.6. The van der Waals surface area contributed by atoms with Gasteiger partial charge < -0.3 is 9.64 Å². The van der Waals surface area contributed by atoms with Crippen LogP contribution in [-0.2, 0) is 14.3 Å². The Bertz CT molecular complexity index is 900. The van der Waals surface area contributed by atoms with Gasteiger partial charge in [0.15, 0.2) is 0 Å². The van der Waals surface area contributed by atoms with Crippen LogP contribution in [0.3, 0.4) is 0 Å². The summed E-state index contributed by atoms with van der Waals surface area (Å²) >= 11 is 0. The topological polar surface area (TPSA) is 59.0 Å². The quantitative estimate of drug-likeness (QED) is 0.544. The number of rotatable bonds is 1. The SMILES string of the molecule is CC#Cc1cc(C)c(C2C(=O)CC3(CCN(C4=NCCO4)CC3)CC2=O)c(C)c1. The molecule has 0 aromatic heterocycles. The molecule has 0 unspecified atom stereocenters. The number of amidine groups is 1. The van der Waals surface area contributed by atoms with Gasteiger partial charge in [0.1, 0.15) is 24.1 Å². The summed E-state index contributed by atoms with van der Waals surface area (Å²) in [5.74, 6) is 5.51. The molecule has 2 heterocycles. The Labute approximate surface area is 172 Å². The highest BCUT2D eigenvalue weighted by atomic mass is 16.5. The summed E-state index contributed by atoms with van der Waals surface area (Å²) in [6, 6.07) is 4.71. The number of ether oxygens (including phenoxy) is 1. The Morgan fingerprint density at radius 2 is 1.72 bits per heavy atom. The number of benzene rings is 1. The lowest BCUT2D eigenvalue weighted by atomic mass is 9.62. The van der Waals surface area contributed by atoms with Gasteiger partial charge in [-0.25, -0.2) is 4.99 Å². The van der Waals surface area contributed by atoms with Crippen LogP contribution >= 0.6 is 0 Å². The fourth-order valence-corrected chi connectivity index (χ4v) is 5.19. The first kappa shape index (κ1) is 19.7. The number of nitrogens with zero attached hydrogens (tertiary/aromatic N) is 2.